The molecule has 0 saturated carbocycles. The number of nitrogens with zero attached hydrogens (tertiary/aromatic N) is 2. The van der Waals surface area contributed by atoms with Crippen LogP contribution in [0.3, 0.4) is 0 Å². The van der Waals surface area contributed by atoms with E-state index in [9.17, 15) is 9.90 Å². The minimum atomic E-state index is -0.769. The number of aliphatic carboxylic acids is 1. The molecule has 3 rings (SSSR count). The fraction of sp³-hybridized carbons (Fsp3) is 0.429. The van der Waals surface area contributed by atoms with Crippen LogP contribution in [0.5, 0.6) is 0 Å². The second-order valence-corrected chi connectivity index (χ2v) is 4.97. The number of rotatable bonds is 4. The Hall–Kier alpha value is -2.08. The molecule has 0 spiro atoms. The molecule has 1 fully saturated rings. The third-order valence-corrected chi connectivity index (χ3v) is 3.63. The third kappa shape index (κ3) is 2.34. The SMILES string of the molecule is Cc1oc(-c2ccco2)nc1CN1CCC[C@H]1C(=O)O. The van der Waals surface area contributed by atoms with Crippen LogP contribution in [0.25, 0.3) is 11.7 Å². The molecule has 6 heteroatoms. The number of aromatic nitrogens is 1. The predicted octanol–water partition coefficient (Wildman–Crippen LogP) is 2.29. The van der Waals surface area contributed by atoms with Crippen molar-refractivity contribution in [2.45, 2.75) is 32.4 Å². The fourth-order valence-electron chi connectivity index (χ4n) is 2.57. The average Bonchev–Trinajstić information content (AvgIpc) is 3.11. The van der Waals surface area contributed by atoms with Crippen molar-refractivity contribution in [1.29, 1.82) is 0 Å². The first-order valence-electron chi connectivity index (χ1n) is 6.62. The summed E-state index contributed by atoms with van der Waals surface area (Å²) in [5.74, 6) is 0.950. The number of carboxylic acid groups (broad SMARTS) is 1. The molecule has 2 aromatic heterocycles. The Morgan fingerprint density at radius 2 is 2.45 bits per heavy atom. The second kappa shape index (κ2) is 5.13. The van der Waals surface area contributed by atoms with Crippen molar-refractivity contribution in [3.8, 4) is 11.7 Å². The normalized spacial score (nSPS) is 19.6. The maximum Gasteiger partial charge on any atom is 0.320 e. The van der Waals surface area contributed by atoms with Crippen molar-refractivity contribution in [2.24, 2.45) is 0 Å². The molecule has 3 heterocycles. The largest absolute Gasteiger partial charge is 0.480 e. The molecule has 106 valence electrons. The summed E-state index contributed by atoms with van der Waals surface area (Å²) in [7, 11) is 0. The summed E-state index contributed by atoms with van der Waals surface area (Å²) in [6, 6.07) is 3.14. The highest BCUT2D eigenvalue weighted by Gasteiger charge is 2.31. The van der Waals surface area contributed by atoms with Crippen molar-refractivity contribution in [1.82, 2.24) is 9.88 Å². The molecular weight excluding hydrogens is 260 g/mol. The Kier molecular flexibility index (Phi) is 3.31. The fourth-order valence-corrected chi connectivity index (χ4v) is 2.57. The number of carboxylic acids is 1. The summed E-state index contributed by atoms with van der Waals surface area (Å²) in [6.45, 7) is 3.10. The highest BCUT2D eigenvalue weighted by molar-refractivity contribution is 5.73. The molecular formula is C14H16N2O4. The molecule has 0 amide bonds. The average molecular weight is 276 g/mol. The molecule has 0 aromatic carbocycles. The van der Waals surface area contributed by atoms with Gasteiger partial charge < -0.3 is 13.9 Å². The number of furan rings is 1. The Bertz CT molecular complexity index is 603. The Labute approximate surface area is 116 Å². The number of likely N-dealkylation sites (tertiary alicyclic amines) is 1. The van der Waals surface area contributed by atoms with Gasteiger partial charge in [0.05, 0.1) is 12.0 Å². The molecule has 0 aliphatic carbocycles. The number of hydrogen-bond donors (Lipinski definition) is 1. The lowest BCUT2D eigenvalue weighted by molar-refractivity contribution is -0.142. The maximum absolute atomic E-state index is 11.2. The summed E-state index contributed by atoms with van der Waals surface area (Å²) in [4.78, 5) is 17.5. The zero-order valence-corrected chi connectivity index (χ0v) is 11.2. The van der Waals surface area contributed by atoms with Gasteiger partial charge in [-0.25, -0.2) is 4.98 Å². The van der Waals surface area contributed by atoms with E-state index in [2.05, 4.69) is 4.98 Å². The lowest BCUT2D eigenvalue weighted by atomic mass is 10.2. The monoisotopic (exact) mass is 276 g/mol. The molecule has 20 heavy (non-hydrogen) atoms. The van der Waals surface area contributed by atoms with Crippen molar-refractivity contribution in [3.05, 3.63) is 29.9 Å². The molecule has 0 unspecified atom stereocenters. The van der Waals surface area contributed by atoms with E-state index >= 15 is 0 Å². The molecule has 1 N–H and O–H groups in total. The van der Waals surface area contributed by atoms with Crippen LogP contribution in [0.1, 0.15) is 24.3 Å². The second-order valence-electron chi connectivity index (χ2n) is 4.97. The zero-order valence-electron chi connectivity index (χ0n) is 11.2. The van der Waals surface area contributed by atoms with E-state index in [1.165, 1.54) is 0 Å². The molecule has 0 bridgehead atoms. The van der Waals surface area contributed by atoms with Crippen molar-refractivity contribution in [3.63, 3.8) is 0 Å². The summed E-state index contributed by atoms with van der Waals surface area (Å²) >= 11 is 0. The van der Waals surface area contributed by atoms with Crippen LogP contribution in [0.4, 0.5) is 0 Å². The summed E-state index contributed by atoms with van der Waals surface area (Å²) in [5.41, 5.74) is 0.768. The smallest absolute Gasteiger partial charge is 0.320 e. The molecule has 2 aromatic rings. The lowest BCUT2D eigenvalue weighted by Gasteiger charge is -2.19. The Balaban J connectivity index is 1.79. The Morgan fingerprint density at radius 1 is 1.60 bits per heavy atom. The van der Waals surface area contributed by atoms with Crippen molar-refractivity contribution >= 4 is 5.97 Å². The number of oxazole rings is 1. The maximum atomic E-state index is 11.2. The minimum absolute atomic E-state index is 0.418. The van der Waals surface area contributed by atoms with E-state index in [1.807, 2.05) is 11.8 Å². The van der Waals surface area contributed by atoms with Crippen molar-refractivity contribution in [2.75, 3.05) is 6.54 Å². The van der Waals surface area contributed by atoms with Gasteiger partial charge in [-0.3, -0.25) is 9.69 Å². The zero-order chi connectivity index (χ0) is 14.1. The first kappa shape index (κ1) is 12.9. The van der Waals surface area contributed by atoms with Crippen LogP contribution in [0.15, 0.2) is 27.2 Å². The van der Waals surface area contributed by atoms with Crippen LogP contribution in [-0.4, -0.2) is 33.5 Å². The first-order chi connectivity index (χ1) is 9.65. The predicted molar refractivity (Wildman–Crippen MR) is 70.0 cm³/mol. The number of aryl methyl sites for hydroxylation is 1. The van der Waals surface area contributed by atoms with Gasteiger partial charge in [0.25, 0.3) is 5.89 Å². The van der Waals surface area contributed by atoms with Crippen LogP contribution in [0, 0.1) is 6.92 Å². The van der Waals surface area contributed by atoms with E-state index < -0.39 is 12.0 Å². The Morgan fingerprint density at radius 3 is 3.15 bits per heavy atom. The van der Waals surface area contributed by atoms with Gasteiger partial charge in [-0.2, -0.15) is 0 Å². The minimum Gasteiger partial charge on any atom is -0.480 e. The molecule has 1 aliphatic rings. The van der Waals surface area contributed by atoms with E-state index in [0.29, 0.717) is 30.4 Å². The van der Waals surface area contributed by atoms with Crippen molar-refractivity contribution < 1.29 is 18.7 Å². The van der Waals surface area contributed by atoms with Gasteiger partial charge in [0.1, 0.15) is 11.8 Å². The van der Waals surface area contributed by atoms with Gasteiger partial charge >= 0.3 is 5.97 Å². The summed E-state index contributed by atoms with van der Waals surface area (Å²) in [5, 5.41) is 9.19. The molecule has 1 saturated heterocycles. The molecule has 6 nitrogen and oxygen atoms in total. The first-order valence-corrected chi connectivity index (χ1v) is 6.62. The molecule has 1 aliphatic heterocycles. The van der Waals surface area contributed by atoms with Crippen LogP contribution >= 0.6 is 0 Å². The van der Waals surface area contributed by atoms with Gasteiger partial charge in [-0.15, -0.1) is 0 Å². The van der Waals surface area contributed by atoms with Crippen LogP contribution < -0.4 is 0 Å². The van der Waals surface area contributed by atoms with E-state index in [0.717, 1.165) is 18.7 Å². The van der Waals surface area contributed by atoms with Gasteiger partial charge in [0, 0.05) is 6.54 Å². The summed E-state index contributed by atoms with van der Waals surface area (Å²) < 4.78 is 10.8. The molecule has 0 radical (unpaired) electrons. The van der Waals surface area contributed by atoms with Gasteiger partial charge in [-0.1, -0.05) is 0 Å². The lowest BCUT2D eigenvalue weighted by Crippen LogP contribution is -2.35. The highest BCUT2D eigenvalue weighted by atomic mass is 16.4. The van der Waals surface area contributed by atoms with Gasteiger partial charge in [0.2, 0.25) is 0 Å². The quantitative estimate of drug-likeness (QED) is 0.923. The van der Waals surface area contributed by atoms with Gasteiger partial charge in [0.15, 0.2) is 5.76 Å². The topological polar surface area (TPSA) is 79.7 Å². The number of hydrogen-bond acceptors (Lipinski definition) is 5. The number of carbonyl (C=O) groups is 1. The van der Waals surface area contributed by atoms with E-state index in [4.69, 9.17) is 8.83 Å². The van der Waals surface area contributed by atoms with E-state index in [1.54, 1.807) is 18.4 Å². The summed E-state index contributed by atoms with van der Waals surface area (Å²) in [6.07, 6.45) is 3.16. The molecule has 1 atom stereocenters. The van der Waals surface area contributed by atoms with E-state index in [-0.39, 0.29) is 0 Å². The van der Waals surface area contributed by atoms with Crippen LogP contribution in [0.2, 0.25) is 0 Å². The highest BCUT2D eigenvalue weighted by Crippen LogP contribution is 2.25. The third-order valence-electron chi connectivity index (χ3n) is 3.63. The van der Waals surface area contributed by atoms with Crippen LogP contribution in [-0.2, 0) is 11.3 Å². The standard InChI is InChI=1S/C14H16N2O4/c1-9-10(8-16-6-2-4-11(16)14(17)18)15-13(20-9)12-5-3-7-19-12/h3,5,7,11H,2,4,6,8H2,1H3,(H,17,18)/t11-/m0/s1. The van der Waals surface area contributed by atoms with Gasteiger partial charge in [-0.05, 0) is 38.4 Å².